The van der Waals surface area contributed by atoms with Crippen LogP contribution in [0.25, 0.3) is 0 Å². The van der Waals surface area contributed by atoms with E-state index in [9.17, 15) is 9.59 Å². The number of furan rings is 1. The van der Waals surface area contributed by atoms with E-state index in [0.717, 1.165) is 44.0 Å². The molecule has 7 heteroatoms. The van der Waals surface area contributed by atoms with Gasteiger partial charge in [-0.3, -0.25) is 9.59 Å². The van der Waals surface area contributed by atoms with Crippen molar-refractivity contribution in [2.24, 2.45) is 0 Å². The van der Waals surface area contributed by atoms with Gasteiger partial charge in [0.05, 0.1) is 18.4 Å². The van der Waals surface area contributed by atoms with E-state index in [2.05, 4.69) is 33.4 Å². The van der Waals surface area contributed by atoms with Gasteiger partial charge in [-0.25, -0.2) is 0 Å². The van der Waals surface area contributed by atoms with Gasteiger partial charge in [0.15, 0.2) is 0 Å². The summed E-state index contributed by atoms with van der Waals surface area (Å²) in [6, 6.07) is 7.61. The second-order valence-electron chi connectivity index (χ2n) is 6.66. The molecule has 0 spiro atoms. The van der Waals surface area contributed by atoms with Crippen molar-refractivity contribution in [3.05, 3.63) is 47.9 Å². The zero-order valence-corrected chi connectivity index (χ0v) is 15.8. The Kier molecular flexibility index (Phi) is 6.13. The molecule has 0 bridgehead atoms. The van der Waals surface area contributed by atoms with Crippen LogP contribution in [-0.2, 0) is 4.79 Å². The number of carbonyl (C=O) groups is 2. The molecule has 1 saturated heterocycles. The highest BCUT2D eigenvalue weighted by Crippen LogP contribution is 2.23. The maximum absolute atomic E-state index is 12.1. The molecule has 7 nitrogen and oxygen atoms in total. The van der Waals surface area contributed by atoms with Crippen molar-refractivity contribution >= 4 is 23.2 Å². The highest BCUT2D eigenvalue weighted by atomic mass is 16.3. The number of nitrogens with zero attached hydrogens (tertiary/aromatic N) is 2. The lowest BCUT2D eigenvalue weighted by Crippen LogP contribution is -2.46. The summed E-state index contributed by atoms with van der Waals surface area (Å²) >= 11 is 0. The number of amides is 2. The van der Waals surface area contributed by atoms with Gasteiger partial charge in [-0.1, -0.05) is 6.92 Å². The third-order valence-corrected chi connectivity index (χ3v) is 4.86. The fraction of sp³-hybridized carbons (Fsp3) is 0.400. The summed E-state index contributed by atoms with van der Waals surface area (Å²) in [7, 11) is 0. The Morgan fingerprint density at radius 1 is 1.15 bits per heavy atom. The minimum atomic E-state index is -0.336. The Morgan fingerprint density at radius 2 is 1.93 bits per heavy atom. The number of carbonyl (C=O) groups excluding carboxylic acids is 2. The first-order valence-electron chi connectivity index (χ1n) is 9.25. The monoisotopic (exact) mass is 370 g/mol. The van der Waals surface area contributed by atoms with Crippen LogP contribution in [0.1, 0.15) is 22.8 Å². The molecule has 0 radical (unpaired) electrons. The molecule has 2 N–H and O–H groups in total. The molecule has 1 fully saturated rings. The van der Waals surface area contributed by atoms with Gasteiger partial charge in [0.25, 0.3) is 5.91 Å². The first-order chi connectivity index (χ1) is 13.1. The smallest absolute Gasteiger partial charge is 0.254 e. The van der Waals surface area contributed by atoms with E-state index in [1.165, 1.54) is 18.2 Å². The van der Waals surface area contributed by atoms with Crippen LogP contribution in [-0.4, -0.2) is 56.0 Å². The minimum Gasteiger partial charge on any atom is -0.472 e. The van der Waals surface area contributed by atoms with Gasteiger partial charge in [-0.15, -0.1) is 0 Å². The van der Waals surface area contributed by atoms with Gasteiger partial charge in [0.2, 0.25) is 5.91 Å². The van der Waals surface area contributed by atoms with Gasteiger partial charge in [0, 0.05) is 37.6 Å². The Balaban J connectivity index is 1.53. The number of nitrogens with one attached hydrogen (secondary N) is 2. The summed E-state index contributed by atoms with van der Waals surface area (Å²) in [6.45, 7) is 9.34. The van der Waals surface area contributed by atoms with E-state index >= 15 is 0 Å². The predicted octanol–water partition coefficient (Wildman–Crippen LogP) is 2.10. The molecule has 3 rings (SSSR count). The van der Waals surface area contributed by atoms with Crippen molar-refractivity contribution < 1.29 is 14.0 Å². The number of anilines is 2. The molecule has 1 aromatic carbocycles. The summed E-state index contributed by atoms with van der Waals surface area (Å²) < 4.78 is 4.86. The highest BCUT2D eigenvalue weighted by molar-refractivity contribution is 5.99. The first-order valence-corrected chi connectivity index (χ1v) is 9.25. The zero-order chi connectivity index (χ0) is 19.2. The van der Waals surface area contributed by atoms with Crippen LogP contribution in [0, 0.1) is 6.92 Å². The van der Waals surface area contributed by atoms with Crippen LogP contribution in [0.5, 0.6) is 0 Å². The molecule has 1 aromatic heterocycles. The van der Waals surface area contributed by atoms with Gasteiger partial charge < -0.3 is 24.9 Å². The van der Waals surface area contributed by atoms with Crippen LogP contribution < -0.4 is 15.5 Å². The molecule has 2 heterocycles. The van der Waals surface area contributed by atoms with Crippen LogP contribution in [0.2, 0.25) is 0 Å². The van der Waals surface area contributed by atoms with E-state index in [0.29, 0.717) is 5.56 Å². The molecule has 0 aliphatic carbocycles. The summed E-state index contributed by atoms with van der Waals surface area (Å²) in [6.07, 6.45) is 2.76. The topological polar surface area (TPSA) is 77.8 Å². The SMILES string of the molecule is CCN1CCN(c2ccc(NC(=O)CNC(=O)c3ccoc3)c(C)c2)CC1. The lowest BCUT2D eigenvalue weighted by molar-refractivity contribution is -0.115. The van der Waals surface area contributed by atoms with E-state index in [1.807, 2.05) is 19.1 Å². The Hall–Kier alpha value is -2.80. The number of benzene rings is 1. The van der Waals surface area contributed by atoms with Crippen LogP contribution in [0.4, 0.5) is 11.4 Å². The Labute approximate surface area is 159 Å². The van der Waals surface area contributed by atoms with Crippen molar-refractivity contribution in [1.29, 1.82) is 0 Å². The number of hydrogen-bond donors (Lipinski definition) is 2. The van der Waals surface area contributed by atoms with E-state index in [1.54, 1.807) is 6.07 Å². The zero-order valence-electron chi connectivity index (χ0n) is 15.8. The summed E-state index contributed by atoms with van der Waals surface area (Å²) in [5.74, 6) is -0.601. The van der Waals surface area contributed by atoms with Crippen molar-refractivity contribution in [2.45, 2.75) is 13.8 Å². The average Bonchev–Trinajstić information content (AvgIpc) is 3.23. The highest BCUT2D eigenvalue weighted by Gasteiger charge is 2.17. The molecule has 0 atom stereocenters. The van der Waals surface area contributed by atoms with Crippen LogP contribution in [0.3, 0.4) is 0 Å². The summed E-state index contributed by atoms with van der Waals surface area (Å²) in [4.78, 5) is 28.8. The lowest BCUT2D eigenvalue weighted by atomic mass is 10.1. The second kappa shape index (κ2) is 8.73. The maximum Gasteiger partial charge on any atom is 0.254 e. The standard InChI is InChI=1S/C20H26N4O3/c1-3-23-7-9-24(10-8-23)17-4-5-18(15(2)12-17)22-19(25)13-21-20(26)16-6-11-27-14-16/h4-6,11-12,14H,3,7-10,13H2,1-2H3,(H,21,26)(H,22,25). The van der Waals surface area contributed by atoms with Gasteiger partial charge in [-0.05, 0) is 43.3 Å². The fourth-order valence-corrected chi connectivity index (χ4v) is 3.16. The Bertz CT molecular complexity index is 781. The van der Waals surface area contributed by atoms with E-state index in [4.69, 9.17) is 4.42 Å². The number of rotatable bonds is 6. The number of aryl methyl sites for hydroxylation is 1. The number of hydrogen-bond acceptors (Lipinski definition) is 5. The lowest BCUT2D eigenvalue weighted by Gasteiger charge is -2.35. The average molecular weight is 370 g/mol. The fourth-order valence-electron chi connectivity index (χ4n) is 3.16. The molecular weight excluding hydrogens is 344 g/mol. The number of piperazine rings is 1. The molecule has 27 heavy (non-hydrogen) atoms. The quantitative estimate of drug-likeness (QED) is 0.814. The minimum absolute atomic E-state index is 0.0931. The third kappa shape index (κ3) is 4.89. The first kappa shape index (κ1) is 19.0. The molecule has 0 unspecified atom stereocenters. The van der Waals surface area contributed by atoms with Gasteiger partial charge in [0.1, 0.15) is 6.26 Å². The molecule has 0 saturated carbocycles. The van der Waals surface area contributed by atoms with E-state index < -0.39 is 0 Å². The third-order valence-electron chi connectivity index (χ3n) is 4.86. The summed E-state index contributed by atoms with van der Waals surface area (Å²) in [5, 5.41) is 5.43. The van der Waals surface area contributed by atoms with Crippen molar-refractivity contribution in [3.8, 4) is 0 Å². The molecule has 2 amide bonds. The normalized spacial score (nSPS) is 14.8. The van der Waals surface area contributed by atoms with Crippen LogP contribution >= 0.6 is 0 Å². The van der Waals surface area contributed by atoms with E-state index in [-0.39, 0.29) is 18.4 Å². The molecule has 2 aromatic rings. The maximum atomic E-state index is 12.1. The van der Waals surface area contributed by atoms with Crippen LogP contribution in [0.15, 0.2) is 41.2 Å². The molecule has 1 aliphatic heterocycles. The molecule has 144 valence electrons. The summed E-state index contributed by atoms with van der Waals surface area (Å²) in [5.41, 5.74) is 3.33. The Morgan fingerprint density at radius 3 is 2.56 bits per heavy atom. The van der Waals surface area contributed by atoms with Gasteiger partial charge >= 0.3 is 0 Å². The van der Waals surface area contributed by atoms with Gasteiger partial charge in [-0.2, -0.15) is 0 Å². The predicted molar refractivity (Wildman–Crippen MR) is 105 cm³/mol. The van der Waals surface area contributed by atoms with Crippen molar-refractivity contribution in [3.63, 3.8) is 0 Å². The largest absolute Gasteiger partial charge is 0.472 e. The van der Waals surface area contributed by atoms with Crippen molar-refractivity contribution in [1.82, 2.24) is 10.2 Å². The molecule has 1 aliphatic rings. The number of likely N-dealkylation sites (N-methyl/N-ethyl adjacent to an activating group) is 1. The molecular formula is C20H26N4O3. The van der Waals surface area contributed by atoms with Crippen molar-refractivity contribution in [2.75, 3.05) is 49.5 Å². The second-order valence-corrected chi connectivity index (χ2v) is 6.66.